The zero-order chi connectivity index (χ0) is 11.1. The van der Waals surface area contributed by atoms with Crippen LogP contribution in [0.15, 0.2) is 9.98 Å². The number of thiazole rings is 1. The Kier molecular flexibility index (Phi) is 3.05. The average molecular weight is 311 g/mol. The Hall–Kier alpha value is -0.140. The van der Waals surface area contributed by atoms with Crippen molar-refractivity contribution >= 4 is 42.2 Å². The lowest BCUT2D eigenvalue weighted by atomic mass is 10.2. The van der Waals surface area contributed by atoms with E-state index in [4.69, 9.17) is 0 Å². The zero-order valence-electron chi connectivity index (χ0n) is 8.18. The highest BCUT2D eigenvalue weighted by atomic mass is 79.9. The summed E-state index contributed by atoms with van der Waals surface area (Å²) >= 11 is 4.80. The van der Waals surface area contributed by atoms with E-state index in [1.807, 2.05) is 17.3 Å². The van der Waals surface area contributed by atoms with Crippen LogP contribution in [-0.2, 0) is 9.84 Å². The molecule has 7 heteroatoms. The monoisotopic (exact) mass is 310 g/mol. The van der Waals surface area contributed by atoms with Gasteiger partial charge in [-0.25, -0.2) is 13.4 Å². The second kappa shape index (κ2) is 4.03. The number of hydrogen-bond acceptors (Lipinski definition) is 5. The highest BCUT2D eigenvalue weighted by Crippen LogP contribution is 2.27. The molecule has 1 aliphatic heterocycles. The first-order valence-electron chi connectivity index (χ1n) is 4.52. The Morgan fingerprint density at radius 3 is 2.87 bits per heavy atom. The number of rotatable bonds is 2. The summed E-state index contributed by atoms with van der Waals surface area (Å²) in [5.41, 5.74) is 0. The summed E-state index contributed by atoms with van der Waals surface area (Å²) in [6.45, 7) is 0. The van der Waals surface area contributed by atoms with E-state index in [0.29, 0.717) is 12.2 Å². The summed E-state index contributed by atoms with van der Waals surface area (Å²) in [5.74, 6) is 0.551. The molecule has 84 valence electrons. The van der Waals surface area contributed by atoms with Crippen LogP contribution in [0.25, 0.3) is 0 Å². The van der Waals surface area contributed by atoms with Crippen molar-refractivity contribution in [1.82, 2.24) is 4.98 Å². The molecule has 1 unspecified atom stereocenters. The third-order valence-corrected chi connectivity index (χ3v) is 5.91. The summed E-state index contributed by atoms with van der Waals surface area (Å²) in [6.07, 6.45) is 0.704. The van der Waals surface area contributed by atoms with Crippen LogP contribution < -0.4 is 4.90 Å². The highest BCUT2D eigenvalue weighted by molar-refractivity contribution is 9.10. The minimum absolute atomic E-state index is 0.0769. The normalized spacial score (nSPS) is 24.3. The van der Waals surface area contributed by atoms with Crippen molar-refractivity contribution in [2.24, 2.45) is 0 Å². The highest BCUT2D eigenvalue weighted by Gasteiger charge is 2.31. The van der Waals surface area contributed by atoms with Crippen LogP contribution in [0.3, 0.4) is 0 Å². The molecule has 0 amide bonds. The first-order valence-corrected chi connectivity index (χ1v) is 8.01. The number of halogens is 1. The number of aromatic nitrogens is 1. The molecule has 2 heterocycles. The van der Waals surface area contributed by atoms with Gasteiger partial charge in [0, 0.05) is 18.5 Å². The van der Waals surface area contributed by atoms with E-state index in [1.165, 1.54) is 11.3 Å². The summed E-state index contributed by atoms with van der Waals surface area (Å²) in [4.78, 5) is 6.23. The third kappa shape index (κ3) is 2.51. The van der Waals surface area contributed by atoms with Crippen LogP contribution in [0.2, 0.25) is 0 Å². The van der Waals surface area contributed by atoms with E-state index in [-0.39, 0.29) is 11.8 Å². The maximum atomic E-state index is 11.3. The SMILES string of the molecule is CN(c1nc(Br)cs1)C1CCS(=O)(=O)C1. The first kappa shape index (κ1) is 11.3. The van der Waals surface area contributed by atoms with Gasteiger partial charge in [-0.15, -0.1) is 11.3 Å². The Bertz CT molecular complexity index is 457. The fraction of sp³-hybridized carbons (Fsp3) is 0.625. The molecule has 0 aliphatic carbocycles. The van der Waals surface area contributed by atoms with Crippen LogP contribution in [0.1, 0.15) is 6.42 Å². The molecule has 0 saturated carbocycles. The van der Waals surface area contributed by atoms with Gasteiger partial charge in [-0.2, -0.15) is 0 Å². The van der Waals surface area contributed by atoms with Gasteiger partial charge in [-0.3, -0.25) is 0 Å². The number of anilines is 1. The van der Waals surface area contributed by atoms with Crippen LogP contribution in [0.5, 0.6) is 0 Å². The van der Waals surface area contributed by atoms with Gasteiger partial charge in [0.05, 0.1) is 11.5 Å². The van der Waals surface area contributed by atoms with E-state index < -0.39 is 9.84 Å². The van der Waals surface area contributed by atoms with Gasteiger partial charge in [0.15, 0.2) is 15.0 Å². The van der Waals surface area contributed by atoms with Crippen molar-refractivity contribution in [3.8, 4) is 0 Å². The van der Waals surface area contributed by atoms with E-state index >= 15 is 0 Å². The molecule has 1 fully saturated rings. The third-order valence-electron chi connectivity index (χ3n) is 2.52. The minimum Gasteiger partial charge on any atom is -0.347 e. The van der Waals surface area contributed by atoms with Crippen molar-refractivity contribution in [1.29, 1.82) is 0 Å². The van der Waals surface area contributed by atoms with E-state index in [0.717, 1.165) is 9.73 Å². The molecule has 2 rings (SSSR count). The second-order valence-electron chi connectivity index (χ2n) is 3.62. The molecular weight excluding hydrogens is 300 g/mol. The molecular formula is C8H11BrN2O2S2. The van der Waals surface area contributed by atoms with Crippen LogP contribution in [0.4, 0.5) is 5.13 Å². The molecule has 0 radical (unpaired) electrons. The predicted octanol–water partition coefficient (Wildman–Crippen LogP) is 1.53. The molecule has 4 nitrogen and oxygen atoms in total. The molecule has 1 aromatic heterocycles. The summed E-state index contributed by atoms with van der Waals surface area (Å²) in [7, 11) is -0.919. The van der Waals surface area contributed by atoms with Crippen molar-refractivity contribution in [3.05, 3.63) is 9.98 Å². The molecule has 0 spiro atoms. The lowest BCUT2D eigenvalue weighted by Gasteiger charge is -2.22. The Morgan fingerprint density at radius 2 is 2.40 bits per heavy atom. The molecule has 1 aromatic rings. The maximum absolute atomic E-state index is 11.3. The number of hydrogen-bond donors (Lipinski definition) is 0. The summed E-state index contributed by atoms with van der Waals surface area (Å²) in [6, 6.07) is 0.0769. The Morgan fingerprint density at radius 1 is 1.67 bits per heavy atom. The zero-order valence-corrected chi connectivity index (χ0v) is 11.4. The van der Waals surface area contributed by atoms with Gasteiger partial charge >= 0.3 is 0 Å². The predicted molar refractivity (Wildman–Crippen MR) is 65.3 cm³/mol. The molecule has 0 bridgehead atoms. The van der Waals surface area contributed by atoms with Gasteiger partial charge in [0.1, 0.15) is 4.60 Å². The first-order chi connectivity index (χ1) is 6.98. The summed E-state index contributed by atoms with van der Waals surface area (Å²) < 4.78 is 23.5. The number of nitrogens with zero attached hydrogens (tertiary/aromatic N) is 2. The molecule has 1 atom stereocenters. The quantitative estimate of drug-likeness (QED) is 0.831. The number of sulfone groups is 1. The van der Waals surface area contributed by atoms with Gasteiger partial charge in [0.2, 0.25) is 0 Å². The molecule has 0 aromatic carbocycles. The van der Waals surface area contributed by atoms with E-state index in [2.05, 4.69) is 20.9 Å². The van der Waals surface area contributed by atoms with Crippen LogP contribution in [0, 0.1) is 0 Å². The second-order valence-corrected chi connectivity index (χ2v) is 7.50. The minimum atomic E-state index is -2.82. The molecule has 0 N–H and O–H groups in total. The lowest BCUT2D eigenvalue weighted by Crippen LogP contribution is -2.32. The molecule has 1 aliphatic rings. The fourth-order valence-corrected chi connectivity index (χ4v) is 4.71. The van der Waals surface area contributed by atoms with Gasteiger partial charge < -0.3 is 4.90 Å². The largest absolute Gasteiger partial charge is 0.347 e. The van der Waals surface area contributed by atoms with Gasteiger partial charge in [-0.1, -0.05) is 0 Å². The average Bonchev–Trinajstić information content (AvgIpc) is 2.71. The Balaban J connectivity index is 2.13. The molecule has 1 saturated heterocycles. The maximum Gasteiger partial charge on any atom is 0.186 e. The Labute approximate surface area is 101 Å². The van der Waals surface area contributed by atoms with Crippen molar-refractivity contribution in [2.45, 2.75) is 12.5 Å². The topological polar surface area (TPSA) is 50.3 Å². The van der Waals surface area contributed by atoms with Gasteiger partial charge in [-0.05, 0) is 22.4 Å². The van der Waals surface area contributed by atoms with Crippen LogP contribution >= 0.6 is 27.3 Å². The van der Waals surface area contributed by atoms with Crippen LogP contribution in [-0.4, -0.2) is 38.0 Å². The van der Waals surface area contributed by atoms with Crippen molar-refractivity contribution in [2.75, 3.05) is 23.5 Å². The van der Waals surface area contributed by atoms with Crippen molar-refractivity contribution in [3.63, 3.8) is 0 Å². The summed E-state index contributed by atoms with van der Waals surface area (Å²) in [5, 5.41) is 2.76. The lowest BCUT2D eigenvalue weighted by molar-refractivity contribution is 0.601. The van der Waals surface area contributed by atoms with Gasteiger partial charge in [0.25, 0.3) is 0 Å². The van der Waals surface area contributed by atoms with Crippen molar-refractivity contribution < 1.29 is 8.42 Å². The molecule has 15 heavy (non-hydrogen) atoms. The fourth-order valence-electron chi connectivity index (χ4n) is 1.64. The van der Waals surface area contributed by atoms with E-state index in [9.17, 15) is 8.42 Å². The smallest absolute Gasteiger partial charge is 0.186 e. The van der Waals surface area contributed by atoms with E-state index in [1.54, 1.807) is 0 Å². The standard InChI is InChI=1S/C8H11BrN2O2S2/c1-11(8-10-7(9)4-14-8)6-2-3-15(12,13)5-6/h4,6H,2-3,5H2,1H3.